The fourth-order valence-corrected chi connectivity index (χ4v) is 1.51. The molecule has 0 amide bonds. The number of hydrogen-bond donors (Lipinski definition) is 4. The van der Waals surface area contributed by atoms with Gasteiger partial charge in [-0.05, 0) is 17.7 Å². The lowest BCUT2D eigenvalue weighted by atomic mass is 10.1. The third kappa shape index (κ3) is 4.56. The normalized spacial score (nSPS) is 10.9. The highest BCUT2D eigenvalue weighted by atomic mass is 16.5. The Hall–Kier alpha value is -2.97. The first-order valence-corrected chi connectivity index (χ1v) is 5.77. The van der Waals surface area contributed by atoms with Crippen LogP contribution in [0.1, 0.15) is 5.56 Å². The van der Waals surface area contributed by atoms with Gasteiger partial charge in [-0.1, -0.05) is 0 Å². The lowest BCUT2D eigenvalue weighted by Crippen LogP contribution is -2.26. The summed E-state index contributed by atoms with van der Waals surface area (Å²) < 4.78 is 9.58. The molecule has 0 heterocycles. The van der Waals surface area contributed by atoms with Gasteiger partial charge in [0.2, 0.25) is 5.96 Å². The van der Waals surface area contributed by atoms with Gasteiger partial charge in [0.05, 0.1) is 20.6 Å². The molecule has 1 aromatic rings. The number of phenols is 1. The summed E-state index contributed by atoms with van der Waals surface area (Å²) in [6, 6.07) is 2.94. The standard InChI is InChI=1S/C12H17N5O4/c1-20-8-4-6(5-9(18)21-2)3-7(10(8)19)16-12(15)17-11(13)14/h3-4,19H,5H2,1-2H3,(H6,13,14,15,16,17). The van der Waals surface area contributed by atoms with Crippen molar-refractivity contribution in [3.05, 3.63) is 17.7 Å². The number of methoxy groups -OCH3 is 2. The number of guanidine groups is 2. The Morgan fingerprint density at radius 1 is 1.29 bits per heavy atom. The fraction of sp³-hybridized carbons (Fsp3) is 0.250. The predicted molar refractivity (Wildman–Crippen MR) is 77.5 cm³/mol. The molecular formula is C12H17N5O4. The Labute approximate surface area is 121 Å². The van der Waals surface area contributed by atoms with E-state index in [1.54, 1.807) is 0 Å². The van der Waals surface area contributed by atoms with Gasteiger partial charge < -0.3 is 31.8 Å². The van der Waals surface area contributed by atoms with Crippen LogP contribution in [0.3, 0.4) is 0 Å². The molecule has 21 heavy (non-hydrogen) atoms. The summed E-state index contributed by atoms with van der Waals surface area (Å²) in [4.78, 5) is 18.7. The van der Waals surface area contributed by atoms with Gasteiger partial charge in [-0.3, -0.25) is 4.79 Å². The molecule has 1 aromatic carbocycles. The smallest absolute Gasteiger partial charge is 0.309 e. The van der Waals surface area contributed by atoms with Gasteiger partial charge in [0, 0.05) is 0 Å². The van der Waals surface area contributed by atoms with Crippen molar-refractivity contribution in [3.63, 3.8) is 0 Å². The van der Waals surface area contributed by atoms with E-state index >= 15 is 0 Å². The number of phenolic OH excluding ortho intramolecular Hbond substituents is 1. The fourth-order valence-electron chi connectivity index (χ4n) is 1.51. The van der Waals surface area contributed by atoms with E-state index in [1.165, 1.54) is 26.4 Å². The Morgan fingerprint density at radius 3 is 2.48 bits per heavy atom. The Balaban J connectivity index is 3.27. The Kier molecular flexibility index (Phi) is 5.35. The van der Waals surface area contributed by atoms with Gasteiger partial charge in [-0.25, -0.2) is 4.99 Å². The van der Waals surface area contributed by atoms with Gasteiger partial charge >= 0.3 is 5.97 Å². The largest absolute Gasteiger partial charge is 0.503 e. The van der Waals surface area contributed by atoms with Gasteiger partial charge in [0.25, 0.3) is 0 Å². The van der Waals surface area contributed by atoms with E-state index in [1.807, 2.05) is 0 Å². The number of esters is 1. The molecule has 0 bridgehead atoms. The van der Waals surface area contributed by atoms with E-state index in [4.69, 9.17) is 21.9 Å². The number of rotatable bonds is 4. The second-order valence-corrected chi connectivity index (χ2v) is 3.93. The van der Waals surface area contributed by atoms with Crippen molar-refractivity contribution in [3.8, 4) is 11.5 Å². The maximum atomic E-state index is 11.3. The highest BCUT2D eigenvalue weighted by molar-refractivity contribution is 5.94. The zero-order valence-corrected chi connectivity index (χ0v) is 11.7. The summed E-state index contributed by atoms with van der Waals surface area (Å²) in [5.41, 5.74) is 16.4. The minimum Gasteiger partial charge on any atom is -0.503 e. The predicted octanol–water partition coefficient (Wildman–Crippen LogP) is -0.664. The van der Waals surface area contributed by atoms with Gasteiger partial charge in [0.15, 0.2) is 17.5 Å². The third-order valence-electron chi connectivity index (χ3n) is 2.39. The number of aromatic hydroxyl groups is 1. The van der Waals surface area contributed by atoms with Gasteiger partial charge in [0.1, 0.15) is 5.69 Å². The molecule has 1 rings (SSSR count). The van der Waals surface area contributed by atoms with Crippen LogP contribution in [0, 0.1) is 0 Å². The third-order valence-corrected chi connectivity index (χ3v) is 2.39. The minimum absolute atomic E-state index is 0.0160. The zero-order valence-electron chi connectivity index (χ0n) is 11.7. The van der Waals surface area contributed by atoms with E-state index in [9.17, 15) is 9.90 Å². The summed E-state index contributed by atoms with van der Waals surface area (Å²) in [7, 11) is 2.64. The van der Waals surface area contributed by atoms with Crippen molar-refractivity contribution in [2.45, 2.75) is 6.42 Å². The summed E-state index contributed by atoms with van der Waals surface area (Å²) in [5, 5.41) is 9.97. The number of nitrogens with zero attached hydrogens (tertiary/aromatic N) is 2. The first-order valence-electron chi connectivity index (χ1n) is 5.77. The first-order chi connectivity index (χ1) is 9.87. The Morgan fingerprint density at radius 2 is 1.95 bits per heavy atom. The van der Waals surface area contributed by atoms with E-state index in [2.05, 4.69) is 14.7 Å². The van der Waals surface area contributed by atoms with Crippen molar-refractivity contribution >= 4 is 23.6 Å². The zero-order chi connectivity index (χ0) is 16.0. The molecule has 0 unspecified atom stereocenters. The van der Waals surface area contributed by atoms with Crippen LogP contribution >= 0.6 is 0 Å². The van der Waals surface area contributed by atoms with Crippen LogP contribution in [0.5, 0.6) is 11.5 Å². The van der Waals surface area contributed by atoms with E-state index in [0.717, 1.165) is 0 Å². The summed E-state index contributed by atoms with van der Waals surface area (Å²) in [6.45, 7) is 0. The quantitative estimate of drug-likeness (QED) is 0.326. The van der Waals surface area contributed by atoms with Crippen molar-refractivity contribution < 1.29 is 19.4 Å². The number of benzene rings is 1. The molecule has 0 saturated carbocycles. The summed E-state index contributed by atoms with van der Waals surface area (Å²) in [5.74, 6) is -1.08. The molecular weight excluding hydrogens is 278 g/mol. The van der Waals surface area contributed by atoms with E-state index in [0.29, 0.717) is 5.56 Å². The van der Waals surface area contributed by atoms with Crippen molar-refractivity contribution in [2.24, 2.45) is 27.2 Å². The SMILES string of the molecule is COC(=O)Cc1cc(N=C(N)N=C(N)N)c(O)c(OC)c1. The maximum absolute atomic E-state index is 11.3. The molecule has 0 aromatic heterocycles. The highest BCUT2D eigenvalue weighted by Crippen LogP contribution is 2.37. The van der Waals surface area contributed by atoms with Crippen molar-refractivity contribution in [1.82, 2.24) is 0 Å². The Bertz CT molecular complexity index is 594. The lowest BCUT2D eigenvalue weighted by Gasteiger charge is -2.09. The van der Waals surface area contributed by atoms with Crippen LogP contribution in [-0.2, 0) is 16.0 Å². The molecule has 114 valence electrons. The number of hydrogen-bond acceptors (Lipinski definition) is 5. The molecule has 9 heteroatoms. The molecule has 9 nitrogen and oxygen atoms in total. The van der Waals surface area contributed by atoms with Crippen LogP contribution in [-0.4, -0.2) is 37.2 Å². The maximum Gasteiger partial charge on any atom is 0.309 e. The second-order valence-electron chi connectivity index (χ2n) is 3.93. The summed E-state index contributed by atoms with van der Waals surface area (Å²) >= 11 is 0. The van der Waals surface area contributed by atoms with E-state index in [-0.39, 0.29) is 35.5 Å². The van der Waals surface area contributed by atoms with Crippen molar-refractivity contribution in [2.75, 3.05) is 14.2 Å². The van der Waals surface area contributed by atoms with Crippen molar-refractivity contribution in [1.29, 1.82) is 0 Å². The molecule has 0 aliphatic rings. The minimum atomic E-state index is -0.449. The first kappa shape index (κ1) is 16.1. The average molecular weight is 295 g/mol. The number of aliphatic imine (C=N–C) groups is 2. The van der Waals surface area contributed by atoms with Crippen LogP contribution in [0.4, 0.5) is 5.69 Å². The molecule has 0 aliphatic heterocycles. The molecule has 0 fully saturated rings. The lowest BCUT2D eigenvalue weighted by molar-refractivity contribution is -0.139. The number of ether oxygens (including phenoxy) is 2. The van der Waals surface area contributed by atoms with Crippen LogP contribution in [0.15, 0.2) is 22.1 Å². The molecule has 0 aliphatic carbocycles. The topological polar surface area (TPSA) is 159 Å². The van der Waals surface area contributed by atoms with Gasteiger partial charge in [-0.2, -0.15) is 4.99 Å². The number of carbonyl (C=O) groups is 1. The van der Waals surface area contributed by atoms with Crippen LogP contribution < -0.4 is 21.9 Å². The molecule has 0 saturated heterocycles. The highest BCUT2D eigenvalue weighted by Gasteiger charge is 2.13. The second kappa shape index (κ2) is 6.98. The average Bonchev–Trinajstić information content (AvgIpc) is 2.41. The number of carbonyl (C=O) groups excluding carboxylic acids is 1. The van der Waals surface area contributed by atoms with Crippen LogP contribution in [0.25, 0.3) is 0 Å². The molecule has 0 spiro atoms. The van der Waals surface area contributed by atoms with E-state index < -0.39 is 5.97 Å². The van der Waals surface area contributed by atoms with Gasteiger partial charge in [-0.15, -0.1) is 0 Å². The monoisotopic (exact) mass is 295 g/mol. The summed E-state index contributed by atoms with van der Waals surface area (Å²) in [6.07, 6.45) is -0.0160. The number of nitrogens with two attached hydrogens (primary N) is 3. The molecule has 0 radical (unpaired) electrons. The van der Waals surface area contributed by atoms with Crippen LogP contribution in [0.2, 0.25) is 0 Å². The molecule has 7 N–H and O–H groups in total. The molecule has 0 atom stereocenters.